The predicted octanol–water partition coefficient (Wildman–Crippen LogP) is 3.45. The molecule has 3 aliphatic rings. The largest absolute Gasteiger partial charge is 0.356 e. The molecule has 1 saturated heterocycles. The van der Waals surface area contributed by atoms with Crippen LogP contribution < -0.4 is 0 Å². The summed E-state index contributed by atoms with van der Waals surface area (Å²) in [6, 6.07) is 6.38. The van der Waals surface area contributed by atoms with Crippen molar-refractivity contribution in [2.75, 3.05) is 13.1 Å². The number of ketones is 1. The number of likely N-dealkylation sites (tertiary alicyclic amines) is 1. The third-order valence-electron chi connectivity index (χ3n) is 4.92. The summed E-state index contributed by atoms with van der Waals surface area (Å²) in [5.74, 6) is 1.79. The lowest BCUT2D eigenvalue weighted by molar-refractivity contribution is -0.121. The van der Waals surface area contributed by atoms with Gasteiger partial charge in [0, 0.05) is 43.8 Å². The third kappa shape index (κ3) is 3.19. The minimum atomic E-state index is -0.264. The minimum Gasteiger partial charge on any atom is -0.356 e. The van der Waals surface area contributed by atoms with Crippen molar-refractivity contribution in [1.29, 1.82) is 0 Å². The first kappa shape index (κ1) is 16.7. The number of Topliss-reactive ketones (excluding diaryl/α,β-unsaturated/α-hetero) is 1. The summed E-state index contributed by atoms with van der Waals surface area (Å²) in [6.45, 7) is 3.44. The molecule has 1 fully saturated rings. The van der Waals surface area contributed by atoms with Gasteiger partial charge in [0.15, 0.2) is 5.82 Å². The normalized spacial score (nSPS) is 20.6. The summed E-state index contributed by atoms with van der Waals surface area (Å²) in [7, 11) is 0. The van der Waals surface area contributed by atoms with Gasteiger partial charge in [-0.2, -0.15) is 10.1 Å². The van der Waals surface area contributed by atoms with E-state index in [2.05, 4.69) is 16.9 Å². The van der Waals surface area contributed by atoms with Crippen LogP contribution in [0.3, 0.4) is 0 Å². The highest BCUT2D eigenvalue weighted by Crippen LogP contribution is 2.31. The van der Waals surface area contributed by atoms with Gasteiger partial charge < -0.3 is 4.90 Å². The molecule has 0 bridgehead atoms. The molecule has 0 unspecified atom stereocenters. The van der Waals surface area contributed by atoms with Gasteiger partial charge in [0.25, 0.3) is 0 Å². The average molecular weight is 352 g/mol. The molecule has 0 radical (unpaired) electrons. The molecule has 3 heterocycles. The number of nitrogens with zero attached hydrogens (tertiary/aromatic N) is 4. The van der Waals surface area contributed by atoms with E-state index in [0.29, 0.717) is 31.7 Å². The van der Waals surface area contributed by atoms with Gasteiger partial charge in [-0.25, -0.2) is 9.38 Å². The van der Waals surface area contributed by atoms with E-state index >= 15 is 0 Å². The number of hydrogen-bond acceptors (Lipinski definition) is 5. The molecule has 1 aromatic carbocycles. The molecular formula is C20H21FN4O. The van der Waals surface area contributed by atoms with Crippen LogP contribution in [-0.4, -0.2) is 40.7 Å². The number of allylic oxidation sites excluding steroid dienone is 2. The van der Waals surface area contributed by atoms with Crippen LogP contribution >= 0.6 is 0 Å². The second kappa shape index (κ2) is 6.86. The topological polar surface area (TPSA) is 48.3 Å². The zero-order valence-corrected chi connectivity index (χ0v) is 14.8. The Kier molecular flexibility index (Phi) is 4.41. The molecule has 0 N–H and O–H groups in total. The first-order valence-electron chi connectivity index (χ1n) is 8.97. The maximum Gasteiger partial charge on any atom is 0.155 e. The fourth-order valence-electron chi connectivity index (χ4n) is 3.39. The molecule has 0 aromatic heterocycles. The molecule has 0 atom stereocenters. The number of carbonyl (C=O) groups excluding carboxylic acids is 1. The van der Waals surface area contributed by atoms with Crippen molar-refractivity contribution < 1.29 is 9.18 Å². The summed E-state index contributed by atoms with van der Waals surface area (Å²) in [5.41, 5.74) is 2.82. The van der Waals surface area contributed by atoms with E-state index < -0.39 is 0 Å². The maximum atomic E-state index is 13.3. The number of aliphatic imine (C=N–C) groups is 1. The fourth-order valence-corrected chi connectivity index (χ4v) is 3.39. The Morgan fingerprint density at radius 2 is 1.81 bits per heavy atom. The van der Waals surface area contributed by atoms with E-state index in [4.69, 9.17) is 4.99 Å². The van der Waals surface area contributed by atoms with Crippen LogP contribution in [0.15, 0.2) is 57.7 Å². The van der Waals surface area contributed by atoms with Crippen LogP contribution in [0, 0.1) is 5.82 Å². The SMILES string of the molecule is CC1=C2N=C(c3ccc(F)cc3)C=C(N3CCC(=O)CC3)N2N=CCC1. The monoisotopic (exact) mass is 352 g/mol. The fraction of sp³-hybridized carbons (Fsp3) is 0.350. The Labute approximate surface area is 152 Å². The van der Waals surface area contributed by atoms with Crippen molar-refractivity contribution in [3.8, 4) is 0 Å². The van der Waals surface area contributed by atoms with Gasteiger partial charge >= 0.3 is 0 Å². The molecule has 134 valence electrons. The summed E-state index contributed by atoms with van der Waals surface area (Å²) in [4.78, 5) is 18.7. The first-order valence-corrected chi connectivity index (χ1v) is 8.97. The lowest BCUT2D eigenvalue weighted by atomic mass is 10.1. The van der Waals surface area contributed by atoms with E-state index in [-0.39, 0.29) is 5.82 Å². The molecule has 0 spiro atoms. The minimum absolute atomic E-state index is 0.264. The van der Waals surface area contributed by atoms with Crippen molar-refractivity contribution in [2.24, 2.45) is 10.1 Å². The number of carbonyl (C=O) groups is 1. The van der Waals surface area contributed by atoms with Gasteiger partial charge in [-0.1, -0.05) is 0 Å². The van der Waals surface area contributed by atoms with Crippen LogP contribution in [0.2, 0.25) is 0 Å². The zero-order valence-electron chi connectivity index (χ0n) is 14.8. The van der Waals surface area contributed by atoms with E-state index in [1.165, 1.54) is 17.7 Å². The molecule has 6 heteroatoms. The number of piperidine rings is 1. The Morgan fingerprint density at radius 1 is 1.08 bits per heavy atom. The highest BCUT2D eigenvalue weighted by Gasteiger charge is 2.29. The molecule has 26 heavy (non-hydrogen) atoms. The number of rotatable bonds is 2. The second-order valence-electron chi connectivity index (χ2n) is 6.78. The summed E-state index contributed by atoms with van der Waals surface area (Å²) in [6.07, 6.45) is 6.78. The Morgan fingerprint density at radius 3 is 2.54 bits per heavy atom. The van der Waals surface area contributed by atoms with Crippen molar-refractivity contribution in [3.05, 3.63) is 58.9 Å². The molecule has 4 rings (SSSR count). The molecule has 0 saturated carbocycles. The first-order chi connectivity index (χ1) is 12.6. The van der Waals surface area contributed by atoms with Crippen molar-refractivity contribution in [2.45, 2.75) is 32.6 Å². The van der Waals surface area contributed by atoms with Gasteiger partial charge in [-0.05, 0) is 49.6 Å². The lowest BCUT2D eigenvalue weighted by Crippen LogP contribution is -2.40. The van der Waals surface area contributed by atoms with Crippen molar-refractivity contribution in [3.63, 3.8) is 0 Å². The number of hydrogen-bond donors (Lipinski definition) is 0. The van der Waals surface area contributed by atoms with Crippen molar-refractivity contribution in [1.82, 2.24) is 9.91 Å². The average Bonchev–Trinajstić information content (AvgIpc) is 2.84. The van der Waals surface area contributed by atoms with E-state index in [1.807, 2.05) is 17.3 Å². The number of halogens is 1. The molecule has 1 aromatic rings. The van der Waals surface area contributed by atoms with E-state index in [9.17, 15) is 9.18 Å². The molecule has 5 nitrogen and oxygen atoms in total. The summed E-state index contributed by atoms with van der Waals surface area (Å²) >= 11 is 0. The summed E-state index contributed by atoms with van der Waals surface area (Å²) in [5, 5.41) is 6.48. The summed E-state index contributed by atoms with van der Waals surface area (Å²) < 4.78 is 13.3. The molecule has 0 aliphatic carbocycles. The van der Waals surface area contributed by atoms with Gasteiger partial charge in [-0.15, -0.1) is 0 Å². The number of hydrazone groups is 1. The van der Waals surface area contributed by atoms with Crippen molar-refractivity contribution >= 4 is 17.7 Å². The highest BCUT2D eigenvalue weighted by molar-refractivity contribution is 6.10. The standard InChI is InChI=1S/C20H21FN4O/c1-14-3-2-10-22-25-19(24-11-8-17(26)9-12-24)13-18(23-20(14)25)15-4-6-16(21)7-5-15/h4-7,10,13H,2-3,8-9,11-12H2,1H3. The lowest BCUT2D eigenvalue weighted by Gasteiger charge is -2.37. The highest BCUT2D eigenvalue weighted by atomic mass is 19.1. The smallest absolute Gasteiger partial charge is 0.155 e. The molecule has 3 aliphatic heterocycles. The number of fused-ring (bicyclic) bond motifs is 1. The van der Waals surface area contributed by atoms with Gasteiger partial charge in [0.05, 0.1) is 5.71 Å². The second-order valence-corrected chi connectivity index (χ2v) is 6.78. The zero-order chi connectivity index (χ0) is 18.1. The van der Waals surface area contributed by atoms with Crippen LogP contribution in [-0.2, 0) is 4.79 Å². The van der Waals surface area contributed by atoms with E-state index in [0.717, 1.165) is 35.8 Å². The van der Waals surface area contributed by atoms with Crippen LogP contribution in [0.1, 0.15) is 38.2 Å². The van der Waals surface area contributed by atoms with Gasteiger partial charge in [0.1, 0.15) is 17.4 Å². The third-order valence-corrected chi connectivity index (χ3v) is 4.92. The Bertz CT molecular complexity index is 841. The van der Waals surface area contributed by atoms with Crippen LogP contribution in [0.4, 0.5) is 4.39 Å². The Balaban J connectivity index is 1.78. The molecular weight excluding hydrogens is 331 g/mol. The van der Waals surface area contributed by atoms with Crippen LogP contribution in [0.5, 0.6) is 0 Å². The maximum absolute atomic E-state index is 13.3. The predicted molar refractivity (Wildman–Crippen MR) is 99.1 cm³/mol. The molecule has 0 amide bonds. The van der Waals surface area contributed by atoms with Gasteiger partial charge in [-0.3, -0.25) is 4.79 Å². The van der Waals surface area contributed by atoms with E-state index in [1.54, 1.807) is 12.1 Å². The van der Waals surface area contributed by atoms with Gasteiger partial charge in [0.2, 0.25) is 0 Å². The van der Waals surface area contributed by atoms with Crippen LogP contribution in [0.25, 0.3) is 0 Å². The quantitative estimate of drug-likeness (QED) is 0.819. The Hall–Kier alpha value is -2.76. The number of benzene rings is 1.